The number of hydrogen-bond acceptors (Lipinski definition) is 6. The first kappa shape index (κ1) is 20.4. The summed E-state index contributed by atoms with van der Waals surface area (Å²) in [6.07, 6.45) is 1.63. The molecule has 0 spiro atoms. The zero-order valence-corrected chi connectivity index (χ0v) is 16.7. The van der Waals surface area contributed by atoms with Crippen LogP contribution in [0.25, 0.3) is 0 Å². The maximum absolute atomic E-state index is 12.3. The normalized spacial score (nSPS) is 15.3. The van der Waals surface area contributed by atoms with E-state index in [4.69, 9.17) is 10.00 Å². The maximum atomic E-state index is 12.3. The van der Waals surface area contributed by atoms with Crippen LogP contribution in [0.1, 0.15) is 28.4 Å². The summed E-state index contributed by atoms with van der Waals surface area (Å²) in [6.45, 7) is 1.33. The summed E-state index contributed by atoms with van der Waals surface area (Å²) in [5, 5.41) is 11.3. The summed E-state index contributed by atoms with van der Waals surface area (Å²) in [5.41, 5.74) is 2.49. The SMILES string of the molecule is C[C@H]1Cc2cc(C(=O)OCC(=O)Nc3ccc(C#N)cc3)ccc2N1S(C)(=O)=O. The van der Waals surface area contributed by atoms with Gasteiger partial charge in [-0.1, -0.05) is 0 Å². The number of carbonyl (C=O) groups excluding carboxylic acids is 2. The monoisotopic (exact) mass is 413 g/mol. The molecular formula is C20H19N3O5S. The second-order valence-electron chi connectivity index (χ2n) is 6.77. The fourth-order valence-electron chi connectivity index (χ4n) is 3.27. The maximum Gasteiger partial charge on any atom is 0.338 e. The number of carbonyl (C=O) groups is 2. The van der Waals surface area contributed by atoms with Crippen molar-refractivity contribution in [2.24, 2.45) is 0 Å². The topological polar surface area (TPSA) is 117 Å². The highest BCUT2D eigenvalue weighted by Gasteiger charge is 2.32. The third-order valence-electron chi connectivity index (χ3n) is 4.46. The van der Waals surface area contributed by atoms with Gasteiger partial charge in [-0.15, -0.1) is 0 Å². The molecule has 0 radical (unpaired) electrons. The molecule has 0 bridgehead atoms. The van der Waals surface area contributed by atoms with Crippen LogP contribution in [0, 0.1) is 11.3 Å². The van der Waals surface area contributed by atoms with Gasteiger partial charge in [0.25, 0.3) is 5.91 Å². The molecule has 0 aliphatic carbocycles. The van der Waals surface area contributed by atoms with Crippen molar-refractivity contribution < 1.29 is 22.7 Å². The lowest BCUT2D eigenvalue weighted by molar-refractivity contribution is -0.119. The molecule has 1 heterocycles. The Morgan fingerprint density at radius 3 is 2.55 bits per heavy atom. The van der Waals surface area contributed by atoms with Crippen molar-refractivity contribution in [3.63, 3.8) is 0 Å². The number of benzene rings is 2. The highest BCUT2D eigenvalue weighted by Crippen LogP contribution is 2.34. The Hall–Kier alpha value is -3.38. The van der Waals surface area contributed by atoms with E-state index >= 15 is 0 Å². The van der Waals surface area contributed by atoms with Gasteiger partial charge in [-0.2, -0.15) is 5.26 Å². The minimum atomic E-state index is -3.41. The number of esters is 1. The fraction of sp³-hybridized carbons (Fsp3) is 0.250. The molecule has 0 saturated heterocycles. The molecule has 0 fully saturated rings. The summed E-state index contributed by atoms with van der Waals surface area (Å²) in [7, 11) is -3.41. The third-order valence-corrected chi connectivity index (χ3v) is 5.73. The molecule has 1 amide bonds. The van der Waals surface area contributed by atoms with E-state index < -0.39 is 28.5 Å². The number of rotatable bonds is 5. The Labute approximate surface area is 168 Å². The predicted molar refractivity (Wildman–Crippen MR) is 107 cm³/mol. The predicted octanol–water partition coefficient (Wildman–Crippen LogP) is 2.06. The summed E-state index contributed by atoms with van der Waals surface area (Å²) in [5.74, 6) is -1.19. The van der Waals surface area contributed by atoms with Crippen molar-refractivity contribution >= 4 is 33.3 Å². The van der Waals surface area contributed by atoms with Crippen LogP contribution in [0.3, 0.4) is 0 Å². The zero-order chi connectivity index (χ0) is 21.2. The van der Waals surface area contributed by atoms with E-state index in [1.165, 1.54) is 10.4 Å². The molecule has 9 heteroatoms. The van der Waals surface area contributed by atoms with Gasteiger partial charge < -0.3 is 10.1 Å². The lowest BCUT2D eigenvalue weighted by Crippen LogP contribution is -2.34. The van der Waals surface area contributed by atoms with E-state index in [0.29, 0.717) is 23.4 Å². The van der Waals surface area contributed by atoms with Gasteiger partial charge in [0.1, 0.15) is 0 Å². The molecule has 0 unspecified atom stereocenters. The Morgan fingerprint density at radius 1 is 1.24 bits per heavy atom. The molecule has 0 aromatic heterocycles. The van der Waals surface area contributed by atoms with Gasteiger partial charge in [0.05, 0.1) is 29.1 Å². The summed E-state index contributed by atoms with van der Waals surface area (Å²) in [6, 6.07) is 12.7. The van der Waals surface area contributed by atoms with Gasteiger partial charge in [0.15, 0.2) is 6.61 Å². The standard InChI is InChI=1S/C20H19N3O5S/c1-13-9-16-10-15(5-8-18(16)23(13)29(2,26)27)20(25)28-12-19(24)22-17-6-3-14(11-21)4-7-17/h3-8,10,13H,9,12H2,1-2H3,(H,22,24)/t13-/m0/s1. The van der Waals surface area contributed by atoms with Gasteiger partial charge >= 0.3 is 5.97 Å². The average Bonchev–Trinajstić information content (AvgIpc) is 3.01. The first-order valence-electron chi connectivity index (χ1n) is 8.78. The van der Waals surface area contributed by atoms with Crippen LogP contribution < -0.4 is 9.62 Å². The van der Waals surface area contributed by atoms with E-state index in [-0.39, 0.29) is 11.6 Å². The number of nitrogens with zero attached hydrogens (tertiary/aromatic N) is 2. The number of hydrogen-bond donors (Lipinski definition) is 1. The number of sulfonamides is 1. The highest BCUT2D eigenvalue weighted by molar-refractivity contribution is 7.92. The molecule has 1 atom stereocenters. The van der Waals surface area contributed by atoms with E-state index in [1.807, 2.05) is 6.07 Å². The Morgan fingerprint density at radius 2 is 1.93 bits per heavy atom. The number of nitriles is 1. The fourth-order valence-corrected chi connectivity index (χ4v) is 4.54. The van der Waals surface area contributed by atoms with Gasteiger partial charge in [-0.05, 0) is 61.4 Å². The Kier molecular flexibility index (Phi) is 5.57. The molecule has 1 N–H and O–H groups in total. The summed E-state index contributed by atoms with van der Waals surface area (Å²) >= 11 is 0. The first-order chi connectivity index (χ1) is 13.7. The van der Waals surface area contributed by atoms with Crippen LogP contribution in [0.15, 0.2) is 42.5 Å². The van der Waals surface area contributed by atoms with E-state index in [0.717, 1.165) is 11.8 Å². The average molecular weight is 413 g/mol. The van der Waals surface area contributed by atoms with Crippen LogP contribution in [0.5, 0.6) is 0 Å². The van der Waals surface area contributed by atoms with Crippen molar-refractivity contribution in [1.82, 2.24) is 0 Å². The van der Waals surface area contributed by atoms with Crippen molar-refractivity contribution in [2.75, 3.05) is 22.5 Å². The third kappa shape index (κ3) is 4.55. The van der Waals surface area contributed by atoms with Gasteiger partial charge in [-0.3, -0.25) is 9.10 Å². The molecule has 150 valence electrons. The molecule has 1 aliphatic heterocycles. The minimum absolute atomic E-state index is 0.232. The summed E-state index contributed by atoms with van der Waals surface area (Å²) in [4.78, 5) is 24.2. The van der Waals surface area contributed by atoms with Gasteiger partial charge in [0.2, 0.25) is 10.0 Å². The van der Waals surface area contributed by atoms with Crippen LogP contribution in [0.2, 0.25) is 0 Å². The lowest BCUT2D eigenvalue weighted by Gasteiger charge is -2.21. The van der Waals surface area contributed by atoms with Crippen molar-refractivity contribution in [1.29, 1.82) is 5.26 Å². The number of anilines is 2. The van der Waals surface area contributed by atoms with E-state index in [2.05, 4.69) is 5.32 Å². The smallest absolute Gasteiger partial charge is 0.338 e. The summed E-state index contributed by atoms with van der Waals surface area (Å²) < 4.78 is 30.3. The second-order valence-corrected chi connectivity index (χ2v) is 8.63. The molecule has 2 aromatic carbocycles. The van der Waals surface area contributed by atoms with Gasteiger partial charge in [-0.25, -0.2) is 13.2 Å². The molecular weight excluding hydrogens is 394 g/mol. The van der Waals surface area contributed by atoms with Crippen LogP contribution in [-0.4, -0.2) is 39.2 Å². The zero-order valence-electron chi connectivity index (χ0n) is 15.9. The Balaban J connectivity index is 1.62. The lowest BCUT2D eigenvalue weighted by atomic mass is 10.1. The highest BCUT2D eigenvalue weighted by atomic mass is 32.2. The molecule has 29 heavy (non-hydrogen) atoms. The number of ether oxygens (including phenoxy) is 1. The van der Waals surface area contributed by atoms with E-state index in [9.17, 15) is 18.0 Å². The van der Waals surface area contributed by atoms with Gasteiger partial charge in [0, 0.05) is 11.7 Å². The van der Waals surface area contributed by atoms with E-state index in [1.54, 1.807) is 43.3 Å². The van der Waals surface area contributed by atoms with Crippen molar-refractivity contribution in [2.45, 2.75) is 19.4 Å². The quantitative estimate of drug-likeness (QED) is 0.750. The molecule has 0 saturated carbocycles. The van der Waals surface area contributed by atoms with Crippen molar-refractivity contribution in [3.8, 4) is 6.07 Å². The molecule has 1 aliphatic rings. The number of fused-ring (bicyclic) bond motifs is 1. The van der Waals surface area contributed by atoms with Crippen molar-refractivity contribution in [3.05, 3.63) is 59.2 Å². The minimum Gasteiger partial charge on any atom is -0.452 e. The number of amides is 1. The molecule has 8 nitrogen and oxygen atoms in total. The molecule has 3 rings (SSSR count). The first-order valence-corrected chi connectivity index (χ1v) is 10.6. The van der Waals surface area contributed by atoms with Crippen LogP contribution in [-0.2, 0) is 26.0 Å². The Bertz CT molecular complexity index is 1100. The van der Waals surface area contributed by atoms with Crippen LogP contribution >= 0.6 is 0 Å². The van der Waals surface area contributed by atoms with Crippen LogP contribution in [0.4, 0.5) is 11.4 Å². The second kappa shape index (κ2) is 7.93. The number of nitrogens with one attached hydrogen (secondary N) is 1. The largest absolute Gasteiger partial charge is 0.452 e. The molecule has 2 aromatic rings.